The van der Waals surface area contributed by atoms with Crippen molar-refractivity contribution >= 4 is 22.4 Å². The number of anilines is 1. The molecule has 1 fully saturated rings. The molecular formula is C27H24FN3O3. The van der Waals surface area contributed by atoms with Crippen molar-refractivity contribution in [1.82, 2.24) is 9.47 Å². The van der Waals surface area contributed by atoms with E-state index in [0.29, 0.717) is 60.6 Å². The van der Waals surface area contributed by atoms with Crippen LogP contribution < -0.4 is 10.5 Å². The summed E-state index contributed by atoms with van der Waals surface area (Å²) in [6, 6.07) is 22.7. The second kappa shape index (κ2) is 9.11. The van der Waals surface area contributed by atoms with Gasteiger partial charge in [0.25, 0.3) is 5.56 Å². The van der Waals surface area contributed by atoms with E-state index in [9.17, 15) is 19.1 Å². The van der Waals surface area contributed by atoms with Gasteiger partial charge in [0.05, 0.1) is 16.9 Å². The van der Waals surface area contributed by atoms with Crippen LogP contribution in [0.2, 0.25) is 0 Å². The number of rotatable bonds is 5. The molecule has 1 saturated heterocycles. The Balaban J connectivity index is 1.55. The number of aromatic nitrogens is 1. The Bertz CT molecular complexity index is 1410. The molecule has 0 amide bonds. The molecule has 34 heavy (non-hydrogen) atoms. The first-order valence-corrected chi connectivity index (χ1v) is 11.2. The first-order chi connectivity index (χ1) is 16.5. The Morgan fingerprint density at radius 3 is 2.12 bits per heavy atom. The fourth-order valence-corrected chi connectivity index (χ4v) is 4.70. The molecule has 2 heterocycles. The Morgan fingerprint density at radius 1 is 0.824 bits per heavy atom. The number of hydrogen-bond donors (Lipinski definition) is 1. The topological polar surface area (TPSA) is 65.8 Å². The minimum Gasteiger partial charge on any atom is -0.478 e. The van der Waals surface area contributed by atoms with E-state index < -0.39 is 5.97 Å². The number of aromatic carboxylic acids is 1. The lowest BCUT2D eigenvalue weighted by atomic mass is 10.0. The fourth-order valence-electron chi connectivity index (χ4n) is 4.70. The lowest BCUT2D eigenvalue weighted by molar-refractivity contribution is 0.0695. The molecule has 1 aliphatic rings. The van der Waals surface area contributed by atoms with Crippen molar-refractivity contribution < 1.29 is 14.3 Å². The second-order valence-electron chi connectivity index (χ2n) is 8.36. The normalized spacial score (nSPS) is 14.4. The van der Waals surface area contributed by atoms with Crippen molar-refractivity contribution in [2.24, 2.45) is 0 Å². The number of carboxylic acids is 1. The van der Waals surface area contributed by atoms with Crippen LogP contribution in [-0.2, 0) is 6.54 Å². The Morgan fingerprint density at radius 2 is 1.44 bits per heavy atom. The van der Waals surface area contributed by atoms with E-state index in [0.717, 1.165) is 0 Å². The third kappa shape index (κ3) is 3.95. The molecule has 0 bridgehead atoms. The van der Waals surface area contributed by atoms with Gasteiger partial charge >= 0.3 is 5.97 Å². The predicted molar refractivity (Wildman–Crippen MR) is 130 cm³/mol. The van der Waals surface area contributed by atoms with E-state index in [2.05, 4.69) is 4.90 Å². The first-order valence-electron chi connectivity index (χ1n) is 11.2. The van der Waals surface area contributed by atoms with Crippen LogP contribution in [0.15, 0.2) is 83.7 Å². The van der Waals surface area contributed by atoms with Gasteiger partial charge in [-0.05, 0) is 30.3 Å². The maximum atomic E-state index is 14.2. The third-order valence-electron chi connectivity index (χ3n) is 6.36. The Labute approximate surface area is 196 Å². The molecular weight excluding hydrogens is 433 g/mol. The standard InChI is InChI=1S/C27H24FN3O3/c28-22-12-6-7-13-23(22)30-16-14-29(15-17-30)18-24-25(27(33)34)20-10-4-5-11-21(20)26(32)31(24)19-8-2-1-3-9-19/h1-13H,14-18H2,(H,33,34). The maximum absolute atomic E-state index is 14.2. The average Bonchev–Trinajstić information content (AvgIpc) is 2.85. The summed E-state index contributed by atoms with van der Waals surface area (Å²) in [5, 5.41) is 11.0. The van der Waals surface area contributed by atoms with Crippen molar-refractivity contribution in [2.75, 3.05) is 31.1 Å². The fraction of sp³-hybridized carbons (Fsp3) is 0.185. The van der Waals surface area contributed by atoms with Crippen LogP contribution in [0.25, 0.3) is 16.5 Å². The van der Waals surface area contributed by atoms with Crippen LogP contribution in [-0.4, -0.2) is 46.7 Å². The SMILES string of the molecule is O=C(O)c1c(CN2CCN(c3ccccc3F)CC2)n(-c2ccccc2)c(=O)c2ccccc12. The molecule has 7 heteroatoms. The Hall–Kier alpha value is -3.97. The molecule has 4 aromatic rings. The average molecular weight is 458 g/mol. The minimum absolute atomic E-state index is 0.135. The van der Waals surface area contributed by atoms with Gasteiger partial charge in [-0.15, -0.1) is 0 Å². The Kier molecular flexibility index (Phi) is 5.86. The van der Waals surface area contributed by atoms with Gasteiger partial charge in [0, 0.05) is 49.2 Å². The summed E-state index contributed by atoms with van der Waals surface area (Å²) >= 11 is 0. The summed E-state index contributed by atoms with van der Waals surface area (Å²) < 4.78 is 15.8. The molecule has 0 unspecified atom stereocenters. The summed E-state index contributed by atoms with van der Waals surface area (Å²) in [4.78, 5) is 30.1. The number of para-hydroxylation sites is 2. The van der Waals surface area contributed by atoms with Gasteiger partial charge in [-0.2, -0.15) is 0 Å². The number of halogens is 1. The molecule has 3 aromatic carbocycles. The summed E-state index contributed by atoms with van der Waals surface area (Å²) in [5.41, 5.74) is 1.53. The van der Waals surface area contributed by atoms with Crippen LogP contribution in [0.1, 0.15) is 16.1 Å². The van der Waals surface area contributed by atoms with Crippen molar-refractivity contribution in [3.63, 3.8) is 0 Å². The summed E-state index contributed by atoms with van der Waals surface area (Å²) in [5.74, 6) is -1.32. The largest absolute Gasteiger partial charge is 0.478 e. The number of hydrogen-bond acceptors (Lipinski definition) is 4. The van der Waals surface area contributed by atoms with Gasteiger partial charge in [-0.1, -0.05) is 48.5 Å². The van der Waals surface area contributed by atoms with E-state index in [1.807, 2.05) is 29.2 Å². The number of pyridine rings is 1. The van der Waals surface area contributed by atoms with E-state index >= 15 is 0 Å². The molecule has 0 radical (unpaired) electrons. The molecule has 172 valence electrons. The number of carboxylic acid groups (broad SMARTS) is 1. The number of carbonyl (C=O) groups is 1. The van der Waals surface area contributed by atoms with Crippen LogP contribution >= 0.6 is 0 Å². The number of piperazine rings is 1. The van der Waals surface area contributed by atoms with Crippen LogP contribution in [0.3, 0.4) is 0 Å². The zero-order chi connectivity index (χ0) is 23.7. The van der Waals surface area contributed by atoms with Gasteiger partial charge < -0.3 is 10.0 Å². The summed E-state index contributed by atoms with van der Waals surface area (Å²) in [6.07, 6.45) is 0. The quantitative estimate of drug-likeness (QED) is 0.488. The minimum atomic E-state index is -1.07. The van der Waals surface area contributed by atoms with Crippen LogP contribution in [0.4, 0.5) is 10.1 Å². The zero-order valence-corrected chi connectivity index (χ0v) is 18.5. The smallest absolute Gasteiger partial charge is 0.338 e. The van der Waals surface area contributed by atoms with Gasteiger partial charge in [0.2, 0.25) is 0 Å². The van der Waals surface area contributed by atoms with Crippen LogP contribution in [0.5, 0.6) is 0 Å². The highest BCUT2D eigenvalue weighted by molar-refractivity contribution is 6.04. The molecule has 1 aliphatic heterocycles. The van der Waals surface area contributed by atoms with Gasteiger partial charge in [-0.3, -0.25) is 14.3 Å². The highest BCUT2D eigenvalue weighted by atomic mass is 19.1. The molecule has 1 aromatic heterocycles. The number of benzene rings is 3. The van der Waals surface area contributed by atoms with E-state index in [1.165, 1.54) is 10.6 Å². The third-order valence-corrected chi connectivity index (χ3v) is 6.36. The molecule has 0 spiro atoms. The zero-order valence-electron chi connectivity index (χ0n) is 18.5. The predicted octanol–water partition coefficient (Wildman–Crippen LogP) is 4.15. The maximum Gasteiger partial charge on any atom is 0.338 e. The highest BCUT2D eigenvalue weighted by Gasteiger charge is 2.26. The van der Waals surface area contributed by atoms with Crippen molar-refractivity contribution in [2.45, 2.75) is 6.54 Å². The van der Waals surface area contributed by atoms with E-state index in [1.54, 1.807) is 48.5 Å². The molecule has 1 N–H and O–H groups in total. The van der Waals surface area contributed by atoms with Gasteiger partial charge in [0.15, 0.2) is 0 Å². The van der Waals surface area contributed by atoms with E-state index in [-0.39, 0.29) is 16.9 Å². The lowest BCUT2D eigenvalue weighted by Crippen LogP contribution is -2.47. The van der Waals surface area contributed by atoms with Crippen molar-refractivity contribution in [3.05, 3.63) is 106 Å². The van der Waals surface area contributed by atoms with Crippen LogP contribution in [0, 0.1) is 5.82 Å². The molecule has 6 nitrogen and oxygen atoms in total. The molecule has 0 saturated carbocycles. The first kappa shape index (κ1) is 21.9. The van der Waals surface area contributed by atoms with Crippen molar-refractivity contribution in [3.8, 4) is 5.69 Å². The monoisotopic (exact) mass is 457 g/mol. The van der Waals surface area contributed by atoms with Crippen molar-refractivity contribution in [1.29, 1.82) is 0 Å². The molecule has 5 rings (SSSR count). The number of nitrogens with zero attached hydrogens (tertiary/aromatic N) is 3. The molecule has 0 aliphatic carbocycles. The summed E-state index contributed by atoms with van der Waals surface area (Å²) in [7, 11) is 0. The summed E-state index contributed by atoms with van der Waals surface area (Å²) in [6.45, 7) is 2.73. The highest BCUT2D eigenvalue weighted by Crippen LogP contribution is 2.25. The van der Waals surface area contributed by atoms with Gasteiger partial charge in [-0.25, -0.2) is 9.18 Å². The second-order valence-corrected chi connectivity index (χ2v) is 8.36. The lowest BCUT2D eigenvalue weighted by Gasteiger charge is -2.36. The molecule has 0 atom stereocenters. The van der Waals surface area contributed by atoms with Gasteiger partial charge in [0.1, 0.15) is 5.82 Å². The van der Waals surface area contributed by atoms with E-state index in [4.69, 9.17) is 0 Å². The number of fused-ring (bicyclic) bond motifs is 1.